The molecular weight excluding hydrogens is 330 g/mol. The second-order valence-electron chi connectivity index (χ2n) is 8.62. The number of amides is 1. The van der Waals surface area contributed by atoms with Crippen molar-refractivity contribution in [2.24, 2.45) is 23.2 Å². The molecule has 0 aromatic heterocycles. The summed E-state index contributed by atoms with van der Waals surface area (Å²) < 4.78 is 0. The molecule has 140 valence electrons. The van der Waals surface area contributed by atoms with Gasteiger partial charge in [0.25, 0.3) is 11.6 Å². The summed E-state index contributed by atoms with van der Waals surface area (Å²) >= 11 is 0. The van der Waals surface area contributed by atoms with Crippen molar-refractivity contribution in [1.29, 1.82) is 0 Å². The quantitative estimate of drug-likeness (QED) is 0.596. The largest absolute Gasteiger partial charge is 0.380 e. The van der Waals surface area contributed by atoms with Crippen LogP contribution in [0.1, 0.15) is 55.8 Å². The molecule has 1 aromatic carbocycles. The Morgan fingerprint density at radius 1 is 1.19 bits per heavy atom. The number of nitro groups is 1. The van der Waals surface area contributed by atoms with Crippen molar-refractivity contribution in [1.82, 2.24) is 5.32 Å². The van der Waals surface area contributed by atoms with Gasteiger partial charge in [0.2, 0.25) is 0 Å². The summed E-state index contributed by atoms with van der Waals surface area (Å²) in [4.78, 5) is 23.5. The third kappa shape index (κ3) is 3.17. The number of carbonyl (C=O) groups is 1. The second-order valence-corrected chi connectivity index (χ2v) is 8.62. The molecule has 6 nitrogen and oxygen atoms in total. The SMILES string of the molecule is CCNc1ccc(C(=O)NCC23CC4CC(CC(C4)C2)C3)cc1[N+](=O)[O-]. The van der Waals surface area contributed by atoms with E-state index in [1.165, 1.54) is 44.6 Å². The van der Waals surface area contributed by atoms with Gasteiger partial charge in [-0.3, -0.25) is 14.9 Å². The summed E-state index contributed by atoms with van der Waals surface area (Å²) in [5.41, 5.74) is 1.03. The van der Waals surface area contributed by atoms with Crippen LogP contribution < -0.4 is 10.6 Å². The summed E-state index contributed by atoms with van der Waals surface area (Å²) in [6, 6.07) is 4.67. The summed E-state index contributed by atoms with van der Waals surface area (Å²) in [6.07, 6.45) is 7.85. The molecule has 5 rings (SSSR count). The molecule has 6 heteroatoms. The zero-order valence-electron chi connectivity index (χ0n) is 15.3. The molecule has 0 aliphatic heterocycles. The molecule has 0 saturated heterocycles. The van der Waals surface area contributed by atoms with Gasteiger partial charge in [-0.05, 0) is 80.8 Å². The van der Waals surface area contributed by atoms with Crippen LogP contribution in [0.3, 0.4) is 0 Å². The molecule has 4 bridgehead atoms. The van der Waals surface area contributed by atoms with Crippen LogP contribution >= 0.6 is 0 Å². The monoisotopic (exact) mass is 357 g/mol. The Balaban J connectivity index is 1.45. The number of anilines is 1. The summed E-state index contributed by atoms with van der Waals surface area (Å²) in [5, 5.41) is 17.4. The Morgan fingerprint density at radius 3 is 2.35 bits per heavy atom. The van der Waals surface area contributed by atoms with E-state index in [0.29, 0.717) is 24.3 Å². The number of hydrogen-bond donors (Lipinski definition) is 2. The van der Waals surface area contributed by atoms with E-state index >= 15 is 0 Å². The lowest BCUT2D eigenvalue weighted by atomic mass is 9.49. The smallest absolute Gasteiger partial charge is 0.293 e. The molecule has 4 aliphatic rings. The van der Waals surface area contributed by atoms with E-state index in [0.717, 1.165) is 17.8 Å². The summed E-state index contributed by atoms with van der Waals surface area (Å²) in [5.74, 6) is 2.34. The molecule has 4 aliphatic carbocycles. The van der Waals surface area contributed by atoms with Gasteiger partial charge in [0.15, 0.2) is 0 Å². The van der Waals surface area contributed by atoms with Crippen LogP contribution in [-0.4, -0.2) is 23.9 Å². The zero-order chi connectivity index (χ0) is 18.3. The highest BCUT2D eigenvalue weighted by molar-refractivity contribution is 5.95. The first-order chi connectivity index (χ1) is 12.5. The number of nitro benzene ring substituents is 1. The van der Waals surface area contributed by atoms with Gasteiger partial charge in [0.1, 0.15) is 5.69 Å². The average Bonchev–Trinajstić information content (AvgIpc) is 2.59. The Hall–Kier alpha value is -2.11. The standard InChI is InChI=1S/C20H27N3O3/c1-2-21-17-4-3-16(8-18(17)23(25)26)19(24)22-12-20-9-13-5-14(10-20)7-15(6-13)11-20/h3-4,8,13-15,21H,2,5-7,9-12H2,1H3,(H,22,24). The predicted molar refractivity (Wildman–Crippen MR) is 100 cm³/mol. The van der Waals surface area contributed by atoms with E-state index in [4.69, 9.17) is 0 Å². The zero-order valence-corrected chi connectivity index (χ0v) is 15.3. The first-order valence-corrected chi connectivity index (χ1v) is 9.78. The molecule has 4 fully saturated rings. The van der Waals surface area contributed by atoms with Crippen LogP contribution in [0.25, 0.3) is 0 Å². The van der Waals surface area contributed by atoms with Gasteiger partial charge in [-0.1, -0.05) is 0 Å². The summed E-state index contributed by atoms with van der Waals surface area (Å²) in [6.45, 7) is 3.19. The van der Waals surface area contributed by atoms with Gasteiger partial charge in [0.05, 0.1) is 4.92 Å². The van der Waals surface area contributed by atoms with E-state index in [1.54, 1.807) is 12.1 Å². The molecule has 2 N–H and O–H groups in total. The number of carbonyl (C=O) groups excluding carboxylic acids is 1. The minimum absolute atomic E-state index is 0.0469. The Morgan fingerprint density at radius 2 is 1.81 bits per heavy atom. The van der Waals surface area contributed by atoms with Crippen LogP contribution in [0, 0.1) is 33.3 Å². The number of nitrogens with zero attached hydrogens (tertiary/aromatic N) is 1. The van der Waals surface area contributed by atoms with Crippen molar-refractivity contribution in [3.05, 3.63) is 33.9 Å². The average molecular weight is 357 g/mol. The molecule has 0 spiro atoms. The lowest BCUT2D eigenvalue weighted by Crippen LogP contribution is -2.51. The molecule has 0 atom stereocenters. The van der Waals surface area contributed by atoms with Gasteiger partial charge in [-0.15, -0.1) is 0 Å². The topological polar surface area (TPSA) is 84.3 Å². The molecule has 1 aromatic rings. The first kappa shape index (κ1) is 17.3. The van der Waals surface area contributed by atoms with E-state index in [-0.39, 0.29) is 17.0 Å². The highest BCUT2D eigenvalue weighted by Gasteiger charge is 2.50. The van der Waals surface area contributed by atoms with Crippen LogP contribution in [0.4, 0.5) is 11.4 Å². The van der Waals surface area contributed by atoms with Gasteiger partial charge < -0.3 is 10.6 Å². The van der Waals surface area contributed by atoms with Crippen molar-refractivity contribution in [2.75, 3.05) is 18.4 Å². The van der Waals surface area contributed by atoms with Crippen LogP contribution in [-0.2, 0) is 0 Å². The first-order valence-electron chi connectivity index (χ1n) is 9.78. The van der Waals surface area contributed by atoms with Gasteiger partial charge in [-0.2, -0.15) is 0 Å². The highest BCUT2D eigenvalue weighted by atomic mass is 16.6. The predicted octanol–water partition coefficient (Wildman–Crippen LogP) is 3.97. The maximum Gasteiger partial charge on any atom is 0.293 e. The molecular formula is C20H27N3O3. The van der Waals surface area contributed by atoms with E-state index in [2.05, 4.69) is 10.6 Å². The lowest BCUT2D eigenvalue weighted by Gasteiger charge is -2.56. The van der Waals surface area contributed by atoms with Crippen molar-refractivity contribution in [3.63, 3.8) is 0 Å². The van der Waals surface area contributed by atoms with Crippen molar-refractivity contribution in [2.45, 2.75) is 45.4 Å². The lowest BCUT2D eigenvalue weighted by molar-refractivity contribution is -0.384. The third-order valence-electron chi connectivity index (χ3n) is 6.61. The van der Waals surface area contributed by atoms with Gasteiger partial charge in [-0.25, -0.2) is 0 Å². The van der Waals surface area contributed by atoms with E-state index in [1.807, 2.05) is 6.92 Å². The Bertz CT molecular complexity index is 696. The maximum atomic E-state index is 12.6. The number of rotatable bonds is 6. The minimum atomic E-state index is -0.437. The fourth-order valence-corrected chi connectivity index (χ4v) is 6.04. The maximum absolute atomic E-state index is 12.6. The van der Waals surface area contributed by atoms with E-state index < -0.39 is 4.92 Å². The van der Waals surface area contributed by atoms with Gasteiger partial charge >= 0.3 is 0 Å². The number of hydrogen-bond acceptors (Lipinski definition) is 4. The minimum Gasteiger partial charge on any atom is -0.380 e. The normalized spacial score (nSPS) is 31.7. The van der Waals surface area contributed by atoms with Crippen molar-refractivity contribution >= 4 is 17.3 Å². The van der Waals surface area contributed by atoms with Crippen molar-refractivity contribution < 1.29 is 9.72 Å². The number of benzene rings is 1. The van der Waals surface area contributed by atoms with Crippen molar-refractivity contribution in [3.8, 4) is 0 Å². The fourth-order valence-electron chi connectivity index (χ4n) is 6.04. The second kappa shape index (κ2) is 6.56. The van der Waals surface area contributed by atoms with E-state index in [9.17, 15) is 14.9 Å². The summed E-state index contributed by atoms with van der Waals surface area (Å²) in [7, 11) is 0. The Kier molecular flexibility index (Phi) is 4.37. The fraction of sp³-hybridized carbons (Fsp3) is 0.650. The number of nitrogens with one attached hydrogen (secondary N) is 2. The van der Waals surface area contributed by atoms with Crippen LogP contribution in [0.2, 0.25) is 0 Å². The molecule has 0 heterocycles. The molecule has 4 saturated carbocycles. The third-order valence-corrected chi connectivity index (χ3v) is 6.61. The molecule has 0 unspecified atom stereocenters. The van der Waals surface area contributed by atoms with Gasteiger partial charge in [0, 0.05) is 24.7 Å². The molecule has 0 radical (unpaired) electrons. The van der Waals surface area contributed by atoms with Crippen LogP contribution in [0.15, 0.2) is 18.2 Å². The van der Waals surface area contributed by atoms with Crippen LogP contribution in [0.5, 0.6) is 0 Å². The molecule has 26 heavy (non-hydrogen) atoms. The Labute approximate surface area is 153 Å². The molecule has 1 amide bonds. The highest BCUT2D eigenvalue weighted by Crippen LogP contribution is 2.59.